The molecule has 3 aromatic carbocycles. The Labute approximate surface area is 386 Å². The molecule has 1 spiro atoms. The standard InChI is InChI=1S/C50H49ClN8O7/c51-40-31-53-49(56-44(40)34-13-9-12-33(26-34)32-10-5-4-6-11-32)54-35-27-36(30-52-29-35)58-24-21-50(48(58)65)19-22-57(23-20-50)43(61)14-7-2-1-3-8-25-66-37-15-16-38-39(28-37)47(64)59(46(38)63)41-17-18-42(60)55-45(41)62/h4-6,9-13,15-16,26-31,41H,1-3,7-8,14,17-25H2,(H,53,54,56)(H,55,60,62). The number of nitrogens with one attached hydrogen (secondary N) is 2. The second-order valence-corrected chi connectivity index (χ2v) is 17.7. The summed E-state index contributed by atoms with van der Waals surface area (Å²) in [5.41, 5.74) is 4.80. The molecule has 2 N–H and O–H groups in total. The van der Waals surface area contributed by atoms with E-state index in [1.165, 1.54) is 12.1 Å². The average Bonchev–Trinajstić information content (AvgIpc) is 3.78. The van der Waals surface area contributed by atoms with Crippen LogP contribution in [0.3, 0.4) is 0 Å². The summed E-state index contributed by atoms with van der Waals surface area (Å²) in [6.07, 6.45) is 11.8. The maximum Gasteiger partial charge on any atom is 0.262 e. The number of amides is 6. The summed E-state index contributed by atoms with van der Waals surface area (Å²) in [6.45, 7) is 2.10. The lowest BCUT2D eigenvalue weighted by Crippen LogP contribution is -2.54. The molecule has 6 amide bonds. The van der Waals surface area contributed by atoms with Gasteiger partial charge in [-0.3, -0.25) is 44.0 Å². The molecular weight excluding hydrogens is 860 g/mol. The Hall–Kier alpha value is -7.00. The number of imide groups is 2. The van der Waals surface area contributed by atoms with Gasteiger partial charge in [-0.25, -0.2) is 9.97 Å². The second kappa shape index (κ2) is 19.2. The Morgan fingerprint density at radius 1 is 0.788 bits per heavy atom. The molecule has 66 heavy (non-hydrogen) atoms. The van der Waals surface area contributed by atoms with Gasteiger partial charge in [0.25, 0.3) is 11.8 Å². The smallest absolute Gasteiger partial charge is 0.262 e. The van der Waals surface area contributed by atoms with E-state index in [0.717, 1.165) is 53.7 Å². The average molecular weight is 909 g/mol. The fourth-order valence-electron chi connectivity index (χ4n) is 9.39. The van der Waals surface area contributed by atoms with Gasteiger partial charge in [-0.1, -0.05) is 79.4 Å². The quantitative estimate of drug-likeness (QED) is 0.0773. The van der Waals surface area contributed by atoms with Crippen LogP contribution < -0.4 is 20.3 Å². The summed E-state index contributed by atoms with van der Waals surface area (Å²) in [4.78, 5) is 95.4. The number of anilines is 3. The lowest BCUT2D eigenvalue weighted by atomic mass is 9.77. The van der Waals surface area contributed by atoms with Crippen LogP contribution in [0.2, 0.25) is 5.02 Å². The van der Waals surface area contributed by atoms with Gasteiger partial charge < -0.3 is 19.9 Å². The number of ether oxygens (including phenoxy) is 1. The van der Waals surface area contributed by atoms with E-state index in [1.54, 1.807) is 29.6 Å². The molecule has 4 aliphatic heterocycles. The van der Waals surface area contributed by atoms with E-state index in [0.29, 0.717) is 85.7 Å². The Morgan fingerprint density at radius 2 is 1.53 bits per heavy atom. The minimum absolute atomic E-state index is 0.0611. The number of rotatable bonds is 15. The lowest BCUT2D eigenvalue weighted by molar-refractivity contribution is -0.137. The van der Waals surface area contributed by atoms with Gasteiger partial charge in [0.05, 0.1) is 63.8 Å². The largest absolute Gasteiger partial charge is 0.494 e. The highest BCUT2D eigenvalue weighted by molar-refractivity contribution is 6.33. The Kier molecular flexibility index (Phi) is 12.9. The molecule has 1 atom stereocenters. The van der Waals surface area contributed by atoms with Crippen molar-refractivity contribution in [3.8, 4) is 28.1 Å². The SMILES string of the molecule is O=C1CCC(N2C(=O)c3ccc(OCCCCCCCC(=O)N4CCC5(CC4)CCN(c4cncc(Nc6ncc(Cl)c(-c7cccc(-c8ccccc8)c7)n6)c4)C5=O)cc3C2=O)C(=O)N1. The lowest BCUT2D eigenvalue weighted by Gasteiger charge is -2.38. The van der Waals surface area contributed by atoms with Crippen molar-refractivity contribution >= 4 is 64.4 Å². The number of pyridine rings is 1. The molecule has 5 aromatic rings. The minimum Gasteiger partial charge on any atom is -0.494 e. The molecule has 2 aromatic heterocycles. The van der Waals surface area contributed by atoms with Crippen molar-refractivity contribution < 1.29 is 33.5 Å². The zero-order valence-electron chi connectivity index (χ0n) is 36.3. The number of carbonyl (C=O) groups is 6. The summed E-state index contributed by atoms with van der Waals surface area (Å²) < 4.78 is 5.89. The fourth-order valence-corrected chi connectivity index (χ4v) is 9.59. The van der Waals surface area contributed by atoms with Crippen molar-refractivity contribution in [2.24, 2.45) is 5.41 Å². The van der Waals surface area contributed by atoms with Crippen LogP contribution >= 0.6 is 11.6 Å². The van der Waals surface area contributed by atoms with Crippen LogP contribution in [-0.4, -0.2) is 92.5 Å². The summed E-state index contributed by atoms with van der Waals surface area (Å²) in [6, 6.07) is 23.7. The van der Waals surface area contributed by atoms with Gasteiger partial charge in [-0.15, -0.1) is 0 Å². The van der Waals surface area contributed by atoms with E-state index in [4.69, 9.17) is 21.3 Å². The van der Waals surface area contributed by atoms with Gasteiger partial charge in [0.2, 0.25) is 29.6 Å². The van der Waals surface area contributed by atoms with Crippen LogP contribution in [0.25, 0.3) is 22.4 Å². The molecule has 1 unspecified atom stereocenters. The third-order valence-electron chi connectivity index (χ3n) is 13.1. The maximum absolute atomic E-state index is 14.0. The van der Waals surface area contributed by atoms with Gasteiger partial charge in [0.1, 0.15) is 11.8 Å². The highest BCUT2D eigenvalue weighted by Gasteiger charge is 2.49. The normalized spacial score (nSPS) is 17.9. The first-order valence-electron chi connectivity index (χ1n) is 22.6. The van der Waals surface area contributed by atoms with Crippen molar-refractivity contribution in [3.05, 3.63) is 114 Å². The van der Waals surface area contributed by atoms with Crippen LogP contribution in [0.5, 0.6) is 5.75 Å². The number of aromatic nitrogens is 3. The van der Waals surface area contributed by atoms with Gasteiger partial charge in [0, 0.05) is 38.0 Å². The van der Waals surface area contributed by atoms with Crippen molar-refractivity contribution in [1.82, 2.24) is 30.1 Å². The van der Waals surface area contributed by atoms with E-state index in [9.17, 15) is 28.8 Å². The number of nitrogens with zero attached hydrogens (tertiary/aromatic N) is 6. The number of likely N-dealkylation sites (tertiary alicyclic amines) is 1. The van der Waals surface area contributed by atoms with Crippen molar-refractivity contribution in [2.45, 2.75) is 76.7 Å². The fraction of sp³-hybridized carbons (Fsp3) is 0.340. The number of halogens is 1. The van der Waals surface area contributed by atoms with E-state index < -0.39 is 35.1 Å². The first kappa shape index (κ1) is 44.2. The Balaban J connectivity index is 0.695. The van der Waals surface area contributed by atoms with E-state index in [-0.39, 0.29) is 35.8 Å². The van der Waals surface area contributed by atoms with Crippen LogP contribution in [-0.2, 0) is 19.2 Å². The molecule has 0 radical (unpaired) electrons. The molecule has 0 bridgehead atoms. The molecule has 4 aliphatic rings. The number of fused-ring (bicyclic) bond motifs is 1. The highest BCUT2D eigenvalue weighted by atomic mass is 35.5. The first-order chi connectivity index (χ1) is 32.1. The predicted molar refractivity (Wildman–Crippen MR) is 247 cm³/mol. The number of hydrogen-bond donors (Lipinski definition) is 2. The van der Waals surface area contributed by atoms with Gasteiger partial charge >= 0.3 is 0 Å². The third-order valence-corrected chi connectivity index (χ3v) is 13.4. The van der Waals surface area contributed by atoms with Crippen LogP contribution in [0.1, 0.15) is 91.3 Å². The molecule has 9 rings (SSSR count). The van der Waals surface area contributed by atoms with E-state index in [1.807, 2.05) is 47.4 Å². The molecular formula is C50H49ClN8O7. The third kappa shape index (κ3) is 9.25. The summed E-state index contributed by atoms with van der Waals surface area (Å²) in [5.74, 6) is -1.19. The molecule has 16 heteroatoms. The van der Waals surface area contributed by atoms with Gasteiger partial charge in [-0.2, -0.15) is 0 Å². The van der Waals surface area contributed by atoms with Crippen LogP contribution in [0.15, 0.2) is 97.5 Å². The second-order valence-electron chi connectivity index (χ2n) is 17.3. The number of unbranched alkanes of at least 4 members (excludes halogenated alkanes) is 4. The molecule has 3 saturated heterocycles. The monoisotopic (exact) mass is 908 g/mol. The molecule has 15 nitrogen and oxygen atoms in total. The molecule has 6 heterocycles. The van der Waals surface area contributed by atoms with Crippen LogP contribution in [0.4, 0.5) is 17.3 Å². The molecule has 3 fully saturated rings. The maximum atomic E-state index is 14.0. The van der Waals surface area contributed by atoms with E-state index in [2.05, 4.69) is 38.8 Å². The van der Waals surface area contributed by atoms with E-state index >= 15 is 0 Å². The number of carbonyl (C=O) groups excluding carboxylic acids is 6. The number of hydrogen-bond acceptors (Lipinski definition) is 11. The molecule has 0 aliphatic carbocycles. The zero-order chi connectivity index (χ0) is 45.8. The van der Waals surface area contributed by atoms with Crippen molar-refractivity contribution in [2.75, 3.05) is 36.5 Å². The first-order valence-corrected chi connectivity index (χ1v) is 22.9. The molecule has 0 saturated carbocycles. The molecule has 338 valence electrons. The Bertz CT molecular complexity index is 2710. The summed E-state index contributed by atoms with van der Waals surface area (Å²) >= 11 is 6.60. The number of benzene rings is 3. The summed E-state index contributed by atoms with van der Waals surface area (Å²) in [5, 5.41) is 5.88. The van der Waals surface area contributed by atoms with Crippen molar-refractivity contribution in [3.63, 3.8) is 0 Å². The van der Waals surface area contributed by atoms with Gasteiger partial charge in [0.15, 0.2) is 0 Å². The van der Waals surface area contributed by atoms with Gasteiger partial charge in [-0.05, 0) is 80.0 Å². The highest BCUT2D eigenvalue weighted by Crippen LogP contribution is 2.44. The van der Waals surface area contributed by atoms with Crippen molar-refractivity contribution in [1.29, 1.82) is 0 Å². The Morgan fingerprint density at radius 3 is 2.35 bits per heavy atom. The zero-order valence-corrected chi connectivity index (χ0v) is 37.1. The minimum atomic E-state index is -1.01. The summed E-state index contributed by atoms with van der Waals surface area (Å²) in [7, 11) is 0. The number of piperidine rings is 2. The van der Waals surface area contributed by atoms with Crippen LogP contribution in [0, 0.1) is 5.41 Å². The topological polar surface area (TPSA) is 184 Å². The predicted octanol–water partition coefficient (Wildman–Crippen LogP) is 7.77.